The zero-order chi connectivity index (χ0) is 18.8. The van der Waals surface area contributed by atoms with Crippen LogP contribution in [0.4, 0.5) is 8.78 Å². The summed E-state index contributed by atoms with van der Waals surface area (Å²) in [6.45, 7) is 2.07. The quantitative estimate of drug-likeness (QED) is 0.712. The smallest absolute Gasteiger partial charge is 0.286 e. The molecule has 1 heterocycles. The highest BCUT2D eigenvalue weighted by atomic mass is 19.1. The van der Waals surface area contributed by atoms with Crippen LogP contribution in [0.1, 0.15) is 39.9 Å². The van der Waals surface area contributed by atoms with E-state index in [1.165, 1.54) is 19.3 Å². The summed E-state index contributed by atoms with van der Waals surface area (Å²) in [4.78, 5) is 24.5. The SMILES string of the molecule is Cc1ccc(Cc2c(C(=O)COCC3CC3)cn(C)c(=O)c2F)c(F)c1. The molecule has 2 aromatic rings. The molecule has 0 N–H and O–H groups in total. The van der Waals surface area contributed by atoms with Crippen LogP contribution in [0, 0.1) is 24.5 Å². The molecule has 0 radical (unpaired) electrons. The number of rotatable bonds is 7. The van der Waals surface area contributed by atoms with Gasteiger partial charge < -0.3 is 9.30 Å². The first kappa shape index (κ1) is 18.5. The van der Waals surface area contributed by atoms with E-state index < -0.39 is 23.0 Å². The van der Waals surface area contributed by atoms with Crippen molar-refractivity contribution in [3.8, 4) is 0 Å². The molecule has 1 saturated carbocycles. The minimum absolute atomic E-state index is 0.0559. The van der Waals surface area contributed by atoms with Crippen LogP contribution in [0.5, 0.6) is 0 Å². The highest BCUT2D eigenvalue weighted by molar-refractivity contribution is 5.98. The lowest BCUT2D eigenvalue weighted by atomic mass is 9.97. The van der Waals surface area contributed by atoms with Gasteiger partial charge in [0.1, 0.15) is 12.4 Å². The van der Waals surface area contributed by atoms with E-state index in [0.29, 0.717) is 12.5 Å². The number of Topliss-reactive ketones (excluding diaryl/α,β-unsaturated/α-hetero) is 1. The zero-order valence-corrected chi connectivity index (χ0v) is 14.9. The third-order valence-corrected chi connectivity index (χ3v) is 4.58. The average molecular weight is 361 g/mol. The number of ether oxygens (including phenoxy) is 1. The van der Waals surface area contributed by atoms with E-state index in [9.17, 15) is 18.4 Å². The molecule has 6 heteroatoms. The number of benzene rings is 1. The Hall–Kier alpha value is -2.34. The molecule has 1 aromatic heterocycles. The molecule has 0 aliphatic heterocycles. The number of pyridine rings is 1. The summed E-state index contributed by atoms with van der Waals surface area (Å²) < 4.78 is 35.2. The van der Waals surface area contributed by atoms with Crippen LogP contribution in [0.25, 0.3) is 0 Å². The number of hydrogen-bond donors (Lipinski definition) is 0. The molecule has 1 aliphatic rings. The predicted octanol–water partition coefficient (Wildman–Crippen LogP) is 3.17. The van der Waals surface area contributed by atoms with Gasteiger partial charge in [-0.05, 0) is 42.9 Å². The summed E-state index contributed by atoms with van der Waals surface area (Å²) >= 11 is 0. The van der Waals surface area contributed by atoms with Crippen LogP contribution in [-0.2, 0) is 18.2 Å². The van der Waals surface area contributed by atoms with Gasteiger partial charge in [-0.3, -0.25) is 9.59 Å². The Morgan fingerprint density at radius 3 is 2.69 bits per heavy atom. The van der Waals surface area contributed by atoms with E-state index in [1.54, 1.807) is 19.1 Å². The number of hydrogen-bond acceptors (Lipinski definition) is 3. The van der Waals surface area contributed by atoms with Gasteiger partial charge in [0.25, 0.3) is 5.56 Å². The van der Waals surface area contributed by atoms with Gasteiger partial charge in [0.2, 0.25) is 0 Å². The van der Waals surface area contributed by atoms with Crippen LogP contribution < -0.4 is 5.56 Å². The molecular weight excluding hydrogens is 340 g/mol. The lowest BCUT2D eigenvalue weighted by molar-refractivity contribution is 0.0737. The predicted molar refractivity (Wildman–Crippen MR) is 93.5 cm³/mol. The second-order valence-electron chi connectivity index (χ2n) is 6.90. The van der Waals surface area contributed by atoms with Crippen LogP contribution in [0.2, 0.25) is 0 Å². The Kier molecular flexibility index (Phi) is 5.32. The number of halogens is 2. The standard InChI is InChI=1S/C20H21F2NO3/c1-12-3-6-14(17(21)7-12)8-15-16(9-23(2)20(25)19(15)22)18(24)11-26-10-13-4-5-13/h3,6-7,9,13H,4-5,8,10-11H2,1-2H3. The van der Waals surface area contributed by atoms with Gasteiger partial charge in [-0.25, -0.2) is 8.78 Å². The third-order valence-electron chi connectivity index (χ3n) is 4.58. The zero-order valence-electron chi connectivity index (χ0n) is 14.9. The van der Waals surface area contributed by atoms with Crippen LogP contribution in [0.3, 0.4) is 0 Å². The van der Waals surface area contributed by atoms with E-state index >= 15 is 0 Å². The molecule has 0 bridgehead atoms. The lowest BCUT2D eigenvalue weighted by Crippen LogP contribution is -2.26. The normalized spacial score (nSPS) is 13.8. The highest BCUT2D eigenvalue weighted by Gasteiger charge is 2.24. The fourth-order valence-electron chi connectivity index (χ4n) is 2.81. The molecule has 1 aromatic carbocycles. The summed E-state index contributed by atoms with van der Waals surface area (Å²) in [7, 11) is 1.38. The van der Waals surface area contributed by atoms with E-state index in [2.05, 4.69) is 0 Å². The molecule has 1 aliphatic carbocycles. The van der Waals surface area contributed by atoms with Crippen LogP contribution >= 0.6 is 0 Å². The summed E-state index contributed by atoms with van der Waals surface area (Å²) in [5, 5.41) is 0. The number of aromatic nitrogens is 1. The second kappa shape index (κ2) is 7.50. The third kappa shape index (κ3) is 4.07. The van der Waals surface area contributed by atoms with Crippen LogP contribution in [-0.4, -0.2) is 23.6 Å². The molecular formula is C20H21F2NO3. The molecule has 1 fully saturated rings. The summed E-state index contributed by atoms with van der Waals surface area (Å²) in [6, 6.07) is 4.59. The van der Waals surface area contributed by atoms with Crippen molar-refractivity contribution in [2.75, 3.05) is 13.2 Å². The highest BCUT2D eigenvalue weighted by Crippen LogP contribution is 2.28. The molecule has 0 spiro atoms. The summed E-state index contributed by atoms with van der Waals surface area (Å²) in [5.41, 5.74) is 0.0930. The number of nitrogens with zero attached hydrogens (tertiary/aromatic N) is 1. The molecule has 0 atom stereocenters. The van der Waals surface area contributed by atoms with Crippen molar-refractivity contribution in [3.05, 3.63) is 68.6 Å². The Labute approximate surface area is 150 Å². The molecule has 26 heavy (non-hydrogen) atoms. The van der Waals surface area contributed by atoms with Gasteiger partial charge in [-0.15, -0.1) is 0 Å². The first-order chi connectivity index (χ1) is 12.4. The first-order valence-electron chi connectivity index (χ1n) is 8.60. The maximum Gasteiger partial charge on any atom is 0.286 e. The minimum atomic E-state index is -1.03. The maximum atomic E-state index is 14.6. The van der Waals surface area contributed by atoms with Crippen LogP contribution in [0.15, 0.2) is 29.2 Å². The maximum absolute atomic E-state index is 14.6. The van der Waals surface area contributed by atoms with Crippen molar-refractivity contribution in [3.63, 3.8) is 0 Å². The van der Waals surface area contributed by atoms with Crippen molar-refractivity contribution in [2.24, 2.45) is 13.0 Å². The van der Waals surface area contributed by atoms with Gasteiger partial charge in [0.05, 0.1) is 6.61 Å². The molecule has 138 valence electrons. The Bertz CT molecular complexity index is 901. The number of carbonyl (C=O) groups is 1. The van der Waals surface area contributed by atoms with Crippen molar-refractivity contribution in [1.29, 1.82) is 0 Å². The van der Waals surface area contributed by atoms with Crippen molar-refractivity contribution < 1.29 is 18.3 Å². The number of ketones is 1. The fourth-order valence-corrected chi connectivity index (χ4v) is 2.81. The average Bonchev–Trinajstić information content (AvgIpc) is 3.41. The topological polar surface area (TPSA) is 48.3 Å². The van der Waals surface area contributed by atoms with Gasteiger partial charge in [-0.2, -0.15) is 0 Å². The van der Waals surface area contributed by atoms with E-state index in [4.69, 9.17) is 4.74 Å². The molecule has 0 saturated heterocycles. The molecule has 0 unspecified atom stereocenters. The first-order valence-corrected chi connectivity index (χ1v) is 8.60. The van der Waals surface area contributed by atoms with Crippen molar-refractivity contribution >= 4 is 5.78 Å². The van der Waals surface area contributed by atoms with Gasteiger partial charge >= 0.3 is 0 Å². The van der Waals surface area contributed by atoms with Crippen molar-refractivity contribution in [2.45, 2.75) is 26.2 Å². The van der Waals surface area contributed by atoms with E-state index in [-0.39, 0.29) is 29.7 Å². The van der Waals surface area contributed by atoms with Gasteiger partial charge in [-0.1, -0.05) is 12.1 Å². The van der Waals surface area contributed by atoms with E-state index in [1.807, 2.05) is 0 Å². The fraction of sp³-hybridized carbons (Fsp3) is 0.400. The lowest BCUT2D eigenvalue weighted by Gasteiger charge is -2.13. The second-order valence-corrected chi connectivity index (χ2v) is 6.90. The minimum Gasteiger partial charge on any atom is -0.373 e. The Morgan fingerprint density at radius 1 is 1.31 bits per heavy atom. The van der Waals surface area contributed by atoms with Crippen molar-refractivity contribution in [1.82, 2.24) is 4.57 Å². The number of aryl methyl sites for hydroxylation is 2. The summed E-state index contributed by atoms with van der Waals surface area (Å²) in [6.07, 6.45) is 3.33. The molecule has 3 rings (SSSR count). The summed E-state index contributed by atoms with van der Waals surface area (Å²) in [5.74, 6) is -1.43. The monoisotopic (exact) mass is 361 g/mol. The van der Waals surface area contributed by atoms with Gasteiger partial charge in [0.15, 0.2) is 11.6 Å². The Balaban J connectivity index is 1.92. The van der Waals surface area contributed by atoms with E-state index in [0.717, 1.165) is 23.0 Å². The van der Waals surface area contributed by atoms with Gasteiger partial charge in [0, 0.05) is 30.8 Å². The number of carbonyl (C=O) groups excluding carboxylic acids is 1. The molecule has 0 amide bonds. The Morgan fingerprint density at radius 2 is 2.04 bits per heavy atom. The molecule has 4 nitrogen and oxygen atoms in total. The largest absolute Gasteiger partial charge is 0.373 e.